The molecule has 4 rings (SSSR count). The van der Waals surface area contributed by atoms with E-state index in [1.54, 1.807) is 31.2 Å². The van der Waals surface area contributed by atoms with Crippen molar-refractivity contribution in [2.75, 3.05) is 5.73 Å². The number of nitrogen functional groups attached to an aromatic ring is 1. The highest BCUT2D eigenvalue weighted by Gasteiger charge is 2.21. The highest BCUT2D eigenvalue weighted by Crippen LogP contribution is 2.25. The first-order valence-corrected chi connectivity index (χ1v) is 9.72. The standard InChI is InChI=1S/C22H17ClFN5O2/c1-12(28-21(30)19-20(25)27-10-9-26-19)17-11-13-3-2-4-16(23)18(13)22(31)29(17)15-7-5-14(24)6-8-15/h2-12H,1H3,(H2,25,27)(H,28,30)/t12-/m0/s1. The zero-order valence-electron chi connectivity index (χ0n) is 16.3. The number of hydrogen-bond acceptors (Lipinski definition) is 5. The molecule has 2 aromatic carbocycles. The third kappa shape index (κ3) is 3.85. The van der Waals surface area contributed by atoms with E-state index in [0.29, 0.717) is 27.2 Å². The molecule has 1 amide bonds. The predicted octanol–water partition coefficient (Wildman–Crippen LogP) is 3.65. The minimum atomic E-state index is -0.630. The maximum Gasteiger partial charge on any atom is 0.274 e. The Hall–Kier alpha value is -3.78. The number of pyridine rings is 1. The molecule has 0 aliphatic carbocycles. The van der Waals surface area contributed by atoms with Crippen molar-refractivity contribution in [3.63, 3.8) is 0 Å². The molecule has 0 unspecified atom stereocenters. The lowest BCUT2D eigenvalue weighted by molar-refractivity contribution is 0.0934. The summed E-state index contributed by atoms with van der Waals surface area (Å²) in [5.74, 6) is -0.979. The molecule has 1 atom stereocenters. The molecule has 2 heterocycles. The van der Waals surface area contributed by atoms with E-state index >= 15 is 0 Å². The van der Waals surface area contributed by atoms with Crippen LogP contribution in [0.15, 0.2) is 65.7 Å². The van der Waals surface area contributed by atoms with E-state index in [-0.39, 0.29) is 17.1 Å². The van der Waals surface area contributed by atoms with Crippen molar-refractivity contribution in [1.82, 2.24) is 19.9 Å². The van der Waals surface area contributed by atoms with Gasteiger partial charge in [0.25, 0.3) is 11.5 Å². The highest BCUT2D eigenvalue weighted by atomic mass is 35.5. The number of carbonyl (C=O) groups excluding carboxylic acids is 1. The van der Waals surface area contributed by atoms with Crippen molar-refractivity contribution in [3.05, 3.63) is 93.5 Å². The molecule has 0 aliphatic rings. The number of nitrogens with one attached hydrogen (secondary N) is 1. The van der Waals surface area contributed by atoms with Crippen LogP contribution in [-0.2, 0) is 0 Å². The zero-order valence-corrected chi connectivity index (χ0v) is 17.1. The fraction of sp³-hybridized carbons (Fsp3) is 0.0909. The summed E-state index contributed by atoms with van der Waals surface area (Å²) in [4.78, 5) is 33.9. The summed E-state index contributed by atoms with van der Waals surface area (Å²) in [6, 6.07) is 11.7. The Kier molecular flexibility index (Phi) is 5.39. The van der Waals surface area contributed by atoms with E-state index in [1.807, 2.05) is 0 Å². The van der Waals surface area contributed by atoms with Gasteiger partial charge in [0.1, 0.15) is 5.82 Å². The molecule has 3 N–H and O–H groups in total. The van der Waals surface area contributed by atoms with Gasteiger partial charge in [0.05, 0.1) is 16.5 Å². The van der Waals surface area contributed by atoms with Gasteiger partial charge < -0.3 is 11.1 Å². The average molecular weight is 438 g/mol. The fourth-order valence-electron chi connectivity index (χ4n) is 3.38. The normalized spacial score (nSPS) is 12.0. The topological polar surface area (TPSA) is 103 Å². The summed E-state index contributed by atoms with van der Waals surface area (Å²) < 4.78 is 14.9. The van der Waals surface area contributed by atoms with Crippen LogP contribution in [0.4, 0.5) is 10.2 Å². The fourth-order valence-corrected chi connectivity index (χ4v) is 3.64. The maximum absolute atomic E-state index is 13.5. The summed E-state index contributed by atoms with van der Waals surface area (Å²) in [5, 5.41) is 4.04. The summed E-state index contributed by atoms with van der Waals surface area (Å²) in [6.45, 7) is 1.72. The number of nitrogens with two attached hydrogens (primary N) is 1. The second-order valence-corrected chi connectivity index (χ2v) is 7.28. The number of carbonyl (C=O) groups is 1. The molecule has 0 radical (unpaired) electrons. The van der Waals surface area contributed by atoms with Gasteiger partial charge >= 0.3 is 0 Å². The molecule has 7 nitrogen and oxygen atoms in total. The summed E-state index contributed by atoms with van der Waals surface area (Å²) in [7, 11) is 0. The number of fused-ring (bicyclic) bond motifs is 1. The van der Waals surface area contributed by atoms with Crippen LogP contribution in [-0.4, -0.2) is 20.4 Å². The van der Waals surface area contributed by atoms with Gasteiger partial charge in [0.15, 0.2) is 11.5 Å². The van der Waals surface area contributed by atoms with Crippen LogP contribution in [0.1, 0.15) is 29.1 Å². The summed E-state index contributed by atoms with van der Waals surface area (Å²) >= 11 is 6.29. The Morgan fingerprint density at radius 1 is 1.16 bits per heavy atom. The Morgan fingerprint density at radius 2 is 1.87 bits per heavy atom. The highest BCUT2D eigenvalue weighted by molar-refractivity contribution is 6.35. The lowest BCUT2D eigenvalue weighted by atomic mass is 10.1. The van der Waals surface area contributed by atoms with Crippen LogP contribution in [0.5, 0.6) is 0 Å². The van der Waals surface area contributed by atoms with Crippen molar-refractivity contribution < 1.29 is 9.18 Å². The molecule has 31 heavy (non-hydrogen) atoms. The first kappa shape index (κ1) is 20.5. The van der Waals surface area contributed by atoms with Crippen LogP contribution in [0.2, 0.25) is 5.02 Å². The molecule has 0 spiro atoms. The van der Waals surface area contributed by atoms with E-state index < -0.39 is 17.8 Å². The summed E-state index contributed by atoms with van der Waals surface area (Å²) in [6.07, 6.45) is 2.75. The van der Waals surface area contributed by atoms with Gasteiger partial charge in [-0.1, -0.05) is 23.7 Å². The number of anilines is 1. The second-order valence-electron chi connectivity index (χ2n) is 6.88. The predicted molar refractivity (Wildman–Crippen MR) is 117 cm³/mol. The number of hydrogen-bond donors (Lipinski definition) is 2. The van der Waals surface area contributed by atoms with E-state index in [9.17, 15) is 14.0 Å². The van der Waals surface area contributed by atoms with Gasteiger partial charge in [-0.15, -0.1) is 0 Å². The number of amides is 1. The van der Waals surface area contributed by atoms with E-state index in [4.69, 9.17) is 17.3 Å². The molecule has 156 valence electrons. The Morgan fingerprint density at radius 3 is 2.58 bits per heavy atom. The lowest BCUT2D eigenvalue weighted by Gasteiger charge is -2.21. The third-order valence-corrected chi connectivity index (χ3v) is 5.16. The van der Waals surface area contributed by atoms with Crippen LogP contribution in [0, 0.1) is 5.82 Å². The van der Waals surface area contributed by atoms with Gasteiger partial charge in [-0.25, -0.2) is 14.4 Å². The SMILES string of the molecule is C[C@H](NC(=O)c1nccnc1N)c1cc2cccc(Cl)c2c(=O)n1-c1ccc(F)cc1. The number of rotatable bonds is 4. The van der Waals surface area contributed by atoms with Gasteiger partial charge in [-0.05, 0) is 48.7 Å². The van der Waals surface area contributed by atoms with Gasteiger partial charge in [-0.3, -0.25) is 14.2 Å². The van der Waals surface area contributed by atoms with Crippen molar-refractivity contribution >= 4 is 34.1 Å². The van der Waals surface area contributed by atoms with Gasteiger partial charge in [0, 0.05) is 23.8 Å². The van der Waals surface area contributed by atoms with Crippen molar-refractivity contribution in [1.29, 1.82) is 0 Å². The zero-order chi connectivity index (χ0) is 22.1. The van der Waals surface area contributed by atoms with Crippen molar-refractivity contribution in [2.24, 2.45) is 0 Å². The first-order chi connectivity index (χ1) is 14.9. The number of benzene rings is 2. The number of halogens is 2. The molecular formula is C22H17ClFN5O2. The molecule has 9 heteroatoms. The smallest absolute Gasteiger partial charge is 0.274 e. The third-order valence-electron chi connectivity index (χ3n) is 4.84. The monoisotopic (exact) mass is 437 g/mol. The summed E-state index contributed by atoms with van der Waals surface area (Å²) in [5.41, 5.74) is 6.25. The van der Waals surface area contributed by atoms with Crippen LogP contribution in [0.25, 0.3) is 16.5 Å². The molecule has 4 aromatic rings. The average Bonchev–Trinajstić information content (AvgIpc) is 2.74. The van der Waals surface area contributed by atoms with Gasteiger partial charge in [0.2, 0.25) is 0 Å². The molecule has 0 fully saturated rings. The largest absolute Gasteiger partial charge is 0.382 e. The Bertz CT molecular complexity index is 1350. The molecule has 0 bridgehead atoms. The Balaban J connectivity index is 1.87. The van der Waals surface area contributed by atoms with E-state index in [1.165, 1.54) is 41.2 Å². The van der Waals surface area contributed by atoms with Gasteiger partial charge in [-0.2, -0.15) is 0 Å². The first-order valence-electron chi connectivity index (χ1n) is 9.34. The minimum absolute atomic E-state index is 0.00609. The lowest BCUT2D eigenvalue weighted by Crippen LogP contribution is -2.33. The molecular weight excluding hydrogens is 421 g/mol. The van der Waals surface area contributed by atoms with Crippen molar-refractivity contribution in [3.8, 4) is 5.69 Å². The van der Waals surface area contributed by atoms with E-state index in [2.05, 4.69) is 15.3 Å². The van der Waals surface area contributed by atoms with Crippen LogP contribution in [0.3, 0.4) is 0 Å². The number of aromatic nitrogens is 3. The second kappa shape index (κ2) is 8.16. The number of nitrogens with zero attached hydrogens (tertiary/aromatic N) is 3. The maximum atomic E-state index is 13.5. The van der Waals surface area contributed by atoms with E-state index in [0.717, 1.165) is 0 Å². The van der Waals surface area contributed by atoms with Crippen molar-refractivity contribution in [2.45, 2.75) is 13.0 Å². The molecule has 0 saturated heterocycles. The van der Waals surface area contributed by atoms with Crippen LogP contribution < -0.4 is 16.6 Å². The molecule has 0 aliphatic heterocycles. The minimum Gasteiger partial charge on any atom is -0.382 e. The molecule has 0 saturated carbocycles. The quantitative estimate of drug-likeness (QED) is 0.507. The van der Waals surface area contributed by atoms with Crippen LogP contribution >= 0.6 is 11.6 Å². The Labute approximate surface area is 181 Å². The molecule has 2 aromatic heterocycles.